The summed E-state index contributed by atoms with van der Waals surface area (Å²) in [5, 5.41) is 19.7. The fraction of sp³-hybridized carbons (Fsp3) is 0.143. The number of benzene rings is 2. The lowest BCUT2D eigenvalue weighted by Crippen LogP contribution is -2.21. The van der Waals surface area contributed by atoms with E-state index in [1.165, 1.54) is 0 Å². The molecule has 0 N–H and O–H groups in total. The van der Waals surface area contributed by atoms with Crippen molar-refractivity contribution in [2.75, 3.05) is 6.54 Å². The first-order chi connectivity index (χ1) is 10.1. The summed E-state index contributed by atoms with van der Waals surface area (Å²) in [5.74, 6) is 0. The molecule has 1 unspecified atom stereocenters. The first kappa shape index (κ1) is 13.5. The molecule has 0 amide bonds. The van der Waals surface area contributed by atoms with Crippen LogP contribution in [0.1, 0.15) is 11.6 Å². The molecule has 0 spiro atoms. The molecule has 21 heavy (non-hydrogen) atoms. The summed E-state index contributed by atoms with van der Waals surface area (Å²) in [6, 6.07) is 13.8. The van der Waals surface area contributed by atoms with Gasteiger partial charge in [0.15, 0.2) is 0 Å². The fourth-order valence-electron chi connectivity index (χ4n) is 2.27. The molecule has 0 aliphatic carbocycles. The van der Waals surface area contributed by atoms with Crippen LogP contribution in [0, 0.1) is 10.1 Å². The van der Waals surface area contributed by atoms with E-state index in [0.29, 0.717) is 10.5 Å². The topological polar surface area (TPSA) is 73.8 Å². The molecular weight excluding hydrogens is 292 g/mol. The van der Waals surface area contributed by atoms with Gasteiger partial charge in [0, 0.05) is 9.95 Å². The summed E-state index contributed by atoms with van der Waals surface area (Å²) >= 11 is 5.87. The lowest BCUT2D eigenvalue weighted by Gasteiger charge is -2.14. The number of halogens is 1. The van der Waals surface area contributed by atoms with Gasteiger partial charge in [-0.1, -0.05) is 41.1 Å². The van der Waals surface area contributed by atoms with Crippen LogP contribution in [0.15, 0.2) is 48.5 Å². The number of fused-ring (bicyclic) bond motifs is 1. The van der Waals surface area contributed by atoms with E-state index in [-0.39, 0.29) is 11.5 Å². The van der Waals surface area contributed by atoms with Crippen molar-refractivity contribution in [2.24, 2.45) is 0 Å². The Kier molecular flexibility index (Phi) is 3.53. The van der Waals surface area contributed by atoms with Crippen molar-refractivity contribution in [1.29, 1.82) is 0 Å². The van der Waals surface area contributed by atoms with Crippen LogP contribution in [-0.2, 0) is 0 Å². The van der Waals surface area contributed by atoms with Crippen molar-refractivity contribution in [1.82, 2.24) is 15.0 Å². The number of aromatic nitrogens is 3. The molecule has 3 aromatic rings. The first-order valence-electron chi connectivity index (χ1n) is 6.32. The highest BCUT2D eigenvalue weighted by atomic mass is 35.5. The lowest BCUT2D eigenvalue weighted by atomic mass is 10.1. The van der Waals surface area contributed by atoms with Gasteiger partial charge < -0.3 is 0 Å². The minimum atomic E-state index is -0.523. The summed E-state index contributed by atoms with van der Waals surface area (Å²) in [5.41, 5.74) is 2.24. The van der Waals surface area contributed by atoms with Crippen LogP contribution in [-0.4, -0.2) is 26.5 Å². The normalized spacial score (nSPS) is 12.4. The standard InChI is InChI=1S/C14H11ClN4O2/c15-11-7-5-10(6-8-11)14(9-18(20)21)19-13-4-2-1-3-12(13)16-17-19/h1-8,14H,9H2. The van der Waals surface area contributed by atoms with E-state index in [4.69, 9.17) is 11.6 Å². The monoisotopic (exact) mass is 302 g/mol. The van der Waals surface area contributed by atoms with Crippen molar-refractivity contribution in [3.63, 3.8) is 0 Å². The second-order valence-electron chi connectivity index (χ2n) is 4.61. The van der Waals surface area contributed by atoms with Crippen LogP contribution in [0.3, 0.4) is 0 Å². The highest BCUT2D eigenvalue weighted by molar-refractivity contribution is 6.30. The number of hydrogen-bond donors (Lipinski definition) is 0. The Bertz CT molecular complexity index is 785. The maximum Gasteiger partial charge on any atom is 0.230 e. The van der Waals surface area contributed by atoms with Gasteiger partial charge in [-0.3, -0.25) is 10.1 Å². The van der Waals surface area contributed by atoms with Gasteiger partial charge in [0.05, 0.1) is 5.52 Å². The number of rotatable bonds is 4. The van der Waals surface area contributed by atoms with Crippen LogP contribution in [0.4, 0.5) is 0 Å². The van der Waals surface area contributed by atoms with Gasteiger partial charge in [0.2, 0.25) is 6.54 Å². The van der Waals surface area contributed by atoms with E-state index >= 15 is 0 Å². The predicted molar refractivity (Wildman–Crippen MR) is 79.0 cm³/mol. The third-order valence-corrected chi connectivity index (χ3v) is 3.50. The van der Waals surface area contributed by atoms with E-state index < -0.39 is 6.04 Å². The maximum atomic E-state index is 11.0. The summed E-state index contributed by atoms with van der Waals surface area (Å²) in [4.78, 5) is 10.6. The fourth-order valence-corrected chi connectivity index (χ4v) is 2.39. The molecule has 0 bridgehead atoms. The van der Waals surface area contributed by atoms with Gasteiger partial charge in [-0.25, -0.2) is 4.68 Å². The predicted octanol–water partition coefficient (Wildman–Crippen LogP) is 2.95. The molecule has 0 saturated heterocycles. The van der Waals surface area contributed by atoms with Crippen molar-refractivity contribution in [3.8, 4) is 0 Å². The van der Waals surface area contributed by atoms with E-state index in [1.54, 1.807) is 28.9 Å². The average Bonchev–Trinajstić information content (AvgIpc) is 2.89. The van der Waals surface area contributed by atoms with Gasteiger partial charge in [-0.15, -0.1) is 5.10 Å². The molecule has 2 aromatic carbocycles. The zero-order valence-electron chi connectivity index (χ0n) is 10.9. The smallest absolute Gasteiger partial charge is 0.230 e. The number of nitrogens with zero attached hydrogens (tertiary/aromatic N) is 4. The molecule has 0 aliphatic heterocycles. The minimum absolute atomic E-state index is 0.269. The molecule has 106 valence electrons. The largest absolute Gasteiger partial charge is 0.264 e. The molecule has 1 heterocycles. The SMILES string of the molecule is O=[N+]([O-])CC(c1ccc(Cl)cc1)n1nnc2ccccc21. The van der Waals surface area contributed by atoms with Gasteiger partial charge in [-0.2, -0.15) is 0 Å². The number of hydrogen-bond acceptors (Lipinski definition) is 4. The summed E-state index contributed by atoms with van der Waals surface area (Å²) < 4.78 is 1.58. The summed E-state index contributed by atoms with van der Waals surface area (Å²) in [7, 11) is 0. The Hall–Kier alpha value is -2.47. The zero-order valence-corrected chi connectivity index (χ0v) is 11.6. The average molecular weight is 303 g/mol. The second-order valence-corrected chi connectivity index (χ2v) is 5.04. The zero-order chi connectivity index (χ0) is 14.8. The quantitative estimate of drug-likeness (QED) is 0.548. The Morgan fingerprint density at radius 3 is 2.62 bits per heavy atom. The van der Waals surface area contributed by atoms with Gasteiger partial charge >= 0.3 is 0 Å². The van der Waals surface area contributed by atoms with Crippen molar-refractivity contribution >= 4 is 22.6 Å². The molecule has 7 heteroatoms. The van der Waals surface area contributed by atoms with Crippen LogP contribution in [0.2, 0.25) is 5.02 Å². The third-order valence-electron chi connectivity index (χ3n) is 3.25. The molecule has 1 aromatic heterocycles. The summed E-state index contributed by atoms with van der Waals surface area (Å²) in [6.45, 7) is -0.269. The van der Waals surface area contributed by atoms with Gasteiger partial charge in [0.1, 0.15) is 11.6 Å². The second kappa shape index (κ2) is 5.49. The van der Waals surface area contributed by atoms with Crippen LogP contribution < -0.4 is 0 Å². The van der Waals surface area contributed by atoms with E-state index in [1.807, 2.05) is 24.3 Å². The van der Waals surface area contributed by atoms with Crippen LogP contribution >= 0.6 is 11.6 Å². The van der Waals surface area contributed by atoms with Crippen molar-refractivity contribution < 1.29 is 4.92 Å². The minimum Gasteiger partial charge on any atom is -0.264 e. The number of nitro groups is 1. The molecule has 1 atom stereocenters. The molecular formula is C14H11ClN4O2. The Morgan fingerprint density at radius 2 is 1.90 bits per heavy atom. The molecule has 6 nitrogen and oxygen atoms in total. The van der Waals surface area contributed by atoms with E-state index in [0.717, 1.165) is 11.1 Å². The molecule has 0 saturated carbocycles. The van der Waals surface area contributed by atoms with Crippen molar-refractivity contribution in [3.05, 3.63) is 69.2 Å². The van der Waals surface area contributed by atoms with Crippen molar-refractivity contribution in [2.45, 2.75) is 6.04 Å². The van der Waals surface area contributed by atoms with E-state index in [9.17, 15) is 10.1 Å². The van der Waals surface area contributed by atoms with E-state index in [2.05, 4.69) is 10.3 Å². The number of para-hydroxylation sites is 1. The Balaban J connectivity index is 2.11. The Labute approximate surface area is 125 Å². The molecule has 3 rings (SSSR count). The maximum absolute atomic E-state index is 11.0. The Morgan fingerprint density at radius 1 is 1.19 bits per heavy atom. The van der Waals surface area contributed by atoms with Gasteiger partial charge in [-0.05, 0) is 29.8 Å². The molecule has 0 radical (unpaired) electrons. The third kappa shape index (κ3) is 2.71. The van der Waals surface area contributed by atoms with Crippen LogP contribution in [0.25, 0.3) is 11.0 Å². The first-order valence-corrected chi connectivity index (χ1v) is 6.70. The highest BCUT2D eigenvalue weighted by Gasteiger charge is 2.23. The van der Waals surface area contributed by atoms with Gasteiger partial charge in [0.25, 0.3) is 0 Å². The molecule has 0 fully saturated rings. The highest BCUT2D eigenvalue weighted by Crippen LogP contribution is 2.23. The molecule has 0 aliphatic rings. The van der Waals surface area contributed by atoms with Crippen LogP contribution in [0.5, 0.6) is 0 Å². The summed E-state index contributed by atoms with van der Waals surface area (Å²) in [6.07, 6.45) is 0. The lowest BCUT2D eigenvalue weighted by molar-refractivity contribution is -0.484.